The summed E-state index contributed by atoms with van der Waals surface area (Å²) in [5.41, 5.74) is 1.78. The maximum atomic E-state index is 14.5. The van der Waals surface area contributed by atoms with Crippen molar-refractivity contribution in [3.8, 4) is 0 Å². The molecule has 2 aromatic rings. The number of anilines is 1. The van der Waals surface area contributed by atoms with Crippen LogP contribution in [-0.4, -0.2) is 72.0 Å². The van der Waals surface area contributed by atoms with E-state index in [2.05, 4.69) is 23.7 Å². The van der Waals surface area contributed by atoms with Crippen LogP contribution in [0.2, 0.25) is 0 Å². The minimum Gasteiger partial charge on any atom is -0.378 e. The highest BCUT2D eigenvalue weighted by atomic mass is 19.1. The molecule has 206 valence electrons. The first-order valence-electron chi connectivity index (χ1n) is 14.0. The van der Waals surface area contributed by atoms with Gasteiger partial charge in [0, 0.05) is 57.3 Å². The zero-order chi connectivity index (χ0) is 26.9. The van der Waals surface area contributed by atoms with E-state index >= 15 is 0 Å². The molecule has 1 aromatic carbocycles. The first kappa shape index (κ1) is 28.2. The van der Waals surface area contributed by atoms with E-state index in [1.165, 1.54) is 12.1 Å². The summed E-state index contributed by atoms with van der Waals surface area (Å²) in [7, 11) is 0. The molecule has 7 nitrogen and oxygen atoms in total. The second-order valence-corrected chi connectivity index (χ2v) is 10.9. The van der Waals surface area contributed by atoms with Gasteiger partial charge in [-0.2, -0.15) is 0 Å². The van der Waals surface area contributed by atoms with Crippen LogP contribution >= 0.6 is 0 Å². The van der Waals surface area contributed by atoms with Crippen molar-refractivity contribution in [2.75, 3.05) is 44.2 Å². The highest BCUT2D eigenvalue weighted by Gasteiger charge is 2.25. The van der Waals surface area contributed by atoms with Crippen LogP contribution in [0.3, 0.4) is 0 Å². The fraction of sp³-hybridized carbons (Fsp3) is 0.567. The van der Waals surface area contributed by atoms with E-state index < -0.39 is 0 Å². The summed E-state index contributed by atoms with van der Waals surface area (Å²) < 4.78 is 20.3. The summed E-state index contributed by atoms with van der Waals surface area (Å²) in [5, 5.41) is 0. The van der Waals surface area contributed by atoms with Gasteiger partial charge in [0.25, 0.3) is 5.91 Å². The highest BCUT2D eigenvalue weighted by molar-refractivity contribution is 6.06. The Balaban J connectivity index is 1.63. The number of aromatic nitrogens is 1. The van der Waals surface area contributed by atoms with Gasteiger partial charge in [-0.15, -0.1) is 0 Å². The fourth-order valence-electron chi connectivity index (χ4n) is 5.48. The van der Waals surface area contributed by atoms with Crippen molar-refractivity contribution in [1.29, 1.82) is 0 Å². The normalized spacial score (nSPS) is 19.6. The molecule has 1 atom stereocenters. The van der Waals surface area contributed by atoms with Crippen LogP contribution in [0.15, 0.2) is 42.7 Å². The maximum Gasteiger partial charge on any atom is 0.259 e. The topological polar surface area (TPSA) is 66.0 Å². The molecule has 0 bridgehead atoms. The highest BCUT2D eigenvalue weighted by Crippen LogP contribution is 2.27. The van der Waals surface area contributed by atoms with Crippen molar-refractivity contribution in [3.63, 3.8) is 0 Å². The molecular weight excluding hydrogens is 483 g/mol. The minimum absolute atomic E-state index is 0.0494. The molecule has 8 heteroatoms. The van der Waals surface area contributed by atoms with Gasteiger partial charge in [-0.1, -0.05) is 13.8 Å². The van der Waals surface area contributed by atoms with Gasteiger partial charge in [-0.25, -0.2) is 4.39 Å². The molecule has 2 aliphatic rings. The fourth-order valence-corrected chi connectivity index (χ4v) is 5.48. The van der Waals surface area contributed by atoms with Crippen molar-refractivity contribution >= 4 is 17.5 Å². The Morgan fingerprint density at radius 1 is 1.11 bits per heavy atom. The number of hydrogen-bond donors (Lipinski definition) is 0. The first-order chi connectivity index (χ1) is 18.4. The van der Waals surface area contributed by atoms with Crippen molar-refractivity contribution in [3.05, 3.63) is 59.7 Å². The lowest BCUT2D eigenvalue weighted by molar-refractivity contribution is -0.132. The summed E-state index contributed by atoms with van der Waals surface area (Å²) in [4.78, 5) is 37.2. The molecule has 0 saturated carbocycles. The number of ether oxygens (including phenoxy) is 1. The van der Waals surface area contributed by atoms with Crippen LogP contribution in [0, 0.1) is 11.7 Å². The Kier molecular flexibility index (Phi) is 10.2. The van der Waals surface area contributed by atoms with Gasteiger partial charge < -0.3 is 19.4 Å². The average Bonchev–Trinajstić information content (AvgIpc) is 3.42. The van der Waals surface area contributed by atoms with Crippen molar-refractivity contribution in [1.82, 2.24) is 14.8 Å². The Hall–Kier alpha value is -2.84. The van der Waals surface area contributed by atoms with Crippen LogP contribution in [0.1, 0.15) is 68.3 Å². The Morgan fingerprint density at radius 3 is 2.63 bits per heavy atom. The van der Waals surface area contributed by atoms with Gasteiger partial charge in [-0.05, 0) is 87.0 Å². The number of fused-ring (bicyclic) bond motifs is 1. The van der Waals surface area contributed by atoms with Crippen molar-refractivity contribution in [2.45, 2.75) is 65.0 Å². The van der Waals surface area contributed by atoms with Gasteiger partial charge in [0.05, 0.1) is 11.7 Å². The van der Waals surface area contributed by atoms with E-state index in [9.17, 15) is 14.0 Å². The smallest absolute Gasteiger partial charge is 0.259 e. The van der Waals surface area contributed by atoms with Gasteiger partial charge in [-0.3, -0.25) is 14.6 Å². The van der Waals surface area contributed by atoms with Crippen molar-refractivity contribution in [2.24, 2.45) is 5.92 Å². The molecule has 1 aromatic heterocycles. The molecule has 0 N–H and O–H groups in total. The summed E-state index contributed by atoms with van der Waals surface area (Å²) in [6, 6.07) is 8.03. The molecule has 1 unspecified atom stereocenters. The number of pyridine rings is 1. The zero-order valence-corrected chi connectivity index (χ0v) is 22.8. The summed E-state index contributed by atoms with van der Waals surface area (Å²) in [6.45, 7) is 9.21. The molecule has 3 heterocycles. The van der Waals surface area contributed by atoms with Gasteiger partial charge in [0.15, 0.2) is 0 Å². The third kappa shape index (κ3) is 7.84. The van der Waals surface area contributed by atoms with Crippen LogP contribution in [-0.2, 0) is 16.1 Å². The lowest BCUT2D eigenvalue weighted by atomic mass is 10.1. The predicted octanol–water partition coefficient (Wildman–Crippen LogP) is 4.91. The number of carbonyl (C=O) groups is 2. The third-order valence-corrected chi connectivity index (χ3v) is 7.29. The largest absolute Gasteiger partial charge is 0.378 e. The number of amides is 2. The average molecular weight is 525 g/mol. The first-order valence-corrected chi connectivity index (χ1v) is 14.0. The van der Waals surface area contributed by atoms with Crippen LogP contribution in [0.4, 0.5) is 10.1 Å². The second kappa shape index (κ2) is 13.8. The van der Waals surface area contributed by atoms with E-state index in [1.807, 2.05) is 4.90 Å². The predicted molar refractivity (Wildman–Crippen MR) is 146 cm³/mol. The Morgan fingerprint density at radius 2 is 1.92 bits per heavy atom. The monoisotopic (exact) mass is 524 g/mol. The SMILES string of the molecule is CC(C)CN1CCCN(C(=O)CCC2CCCO2)Cc2cc(F)ccc2N(C(=O)c2cccnc2)CCC1. The number of nitrogens with zero attached hydrogens (tertiary/aromatic N) is 4. The van der Waals surface area contributed by atoms with E-state index in [1.54, 1.807) is 35.5 Å². The lowest BCUT2D eigenvalue weighted by Gasteiger charge is -2.32. The van der Waals surface area contributed by atoms with Gasteiger partial charge in [0.1, 0.15) is 5.82 Å². The molecule has 0 spiro atoms. The number of benzene rings is 1. The molecule has 4 rings (SSSR count). The quantitative estimate of drug-likeness (QED) is 0.538. The molecule has 1 fully saturated rings. The molecule has 38 heavy (non-hydrogen) atoms. The Labute approximate surface area is 226 Å². The summed E-state index contributed by atoms with van der Waals surface area (Å²) in [6.07, 6.45) is 8.14. The molecule has 2 amide bonds. The van der Waals surface area contributed by atoms with E-state index in [0.717, 1.165) is 51.9 Å². The van der Waals surface area contributed by atoms with Gasteiger partial charge in [0.2, 0.25) is 5.91 Å². The molecular formula is C30H41FN4O3. The molecule has 0 aliphatic carbocycles. The van der Waals surface area contributed by atoms with Crippen molar-refractivity contribution < 1.29 is 18.7 Å². The number of hydrogen-bond acceptors (Lipinski definition) is 5. The number of rotatable bonds is 6. The Bertz CT molecular complexity index is 1060. The van der Waals surface area contributed by atoms with E-state index in [-0.39, 0.29) is 30.3 Å². The third-order valence-electron chi connectivity index (χ3n) is 7.29. The van der Waals surface area contributed by atoms with E-state index in [0.29, 0.717) is 48.7 Å². The lowest BCUT2D eigenvalue weighted by Crippen LogP contribution is -2.40. The van der Waals surface area contributed by atoms with Crippen LogP contribution in [0.5, 0.6) is 0 Å². The molecule has 0 radical (unpaired) electrons. The van der Waals surface area contributed by atoms with Crippen LogP contribution in [0.25, 0.3) is 0 Å². The van der Waals surface area contributed by atoms with E-state index in [4.69, 9.17) is 4.74 Å². The molecule has 2 aliphatic heterocycles. The number of carbonyl (C=O) groups excluding carboxylic acids is 2. The standard InChI is InChI=1S/C30H41FN4O3/c1-23(2)21-33-14-5-16-34(29(36)12-10-27-8-4-18-38-27)22-25-19-26(31)9-11-28(25)35(17-6-15-33)30(37)24-7-3-13-32-20-24/h3,7,9,11,13,19-20,23,27H,4-6,8,10,12,14-18,21-22H2,1-2H3. The molecule has 1 saturated heterocycles. The summed E-state index contributed by atoms with van der Waals surface area (Å²) in [5.74, 6) is 0.0198. The summed E-state index contributed by atoms with van der Waals surface area (Å²) >= 11 is 0. The zero-order valence-electron chi connectivity index (χ0n) is 22.8. The van der Waals surface area contributed by atoms with Gasteiger partial charge >= 0.3 is 0 Å². The van der Waals surface area contributed by atoms with Crippen LogP contribution < -0.4 is 4.90 Å². The minimum atomic E-state index is -0.375. The maximum absolute atomic E-state index is 14.5. The second-order valence-electron chi connectivity index (χ2n) is 10.9. The number of halogens is 1.